The molecule has 2 nitrogen and oxygen atoms in total. The van der Waals surface area contributed by atoms with Crippen LogP contribution in [0.4, 0.5) is 0 Å². The summed E-state index contributed by atoms with van der Waals surface area (Å²) in [6.45, 7) is 5.61. The van der Waals surface area contributed by atoms with E-state index >= 15 is 0 Å². The van der Waals surface area contributed by atoms with Crippen molar-refractivity contribution in [1.82, 2.24) is 4.40 Å². The minimum atomic E-state index is -0.165. The Bertz CT molecular complexity index is 1000. The standard InChI is InChI=1S/C17H9NO.V/c1-2-11-10-16(19)18-15-9-4-3-6-13(15)14-8-5-7-12(11)17(14)18;/h1-9H;/q-2;+2. The van der Waals surface area contributed by atoms with Gasteiger partial charge in [-0.1, -0.05) is 30.3 Å². The first-order valence-electron chi connectivity index (χ1n) is 6.07. The van der Waals surface area contributed by atoms with Crippen molar-refractivity contribution in [3.05, 3.63) is 71.0 Å². The molecule has 0 amide bonds. The van der Waals surface area contributed by atoms with Gasteiger partial charge in [0.1, 0.15) is 0 Å². The molecule has 0 unspecified atom stereocenters. The van der Waals surface area contributed by atoms with Gasteiger partial charge in [-0.3, -0.25) is 4.79 Å². The molecule has 0 aliphatic rings. The summed E-state index contributed by atoms with van der Waals surface area (Å²) >= 11 is 0. The van der Waals surface area contributed by atoms with Gasteiger partial charge in [-0.05, 0) is 17.0 Å². The number of fused-ring (bicyclic) bond motifs is 3. The molecule has 0 saturated carbocycles. The van der Waals surface area contributed by atoms with Crippen LogP contribution in [0.15, 0.2) is 47.3 Å². The molecule has 1 radical (unpaired) electrons. The van der Waals surface area contributed by atoms with Crippen LogP contribution in [0.1, 0.15) is 5.56 Å². The Kier molecular flexibility index (Phi) is 2.93. The smallest absolute Gasteiger partial charge is 0.361 e. The van der Waals surface area contributed by atoms with E-state index < -0.39 is 0 Å². The molecule has 4 aromatic rings. The van der Waals surface area contributed by atoms with Crippen LogP contribution in [0.2, 0.25) is 0 Å². The number of hydrogen-bond acceptors (Lipinski definition) is 1. The molecule has 20 heavy (non-hydrogen) atoms. The van der Waals surface area contributed by atoms with Crippen LogP contribution in [0, 0.1) is 12.6 Å². The van der Waals surface area contributed by atoms with Gasteiger partial charge in [-0.2, -0.15) is 5.39 Å². The van der Waals surface area contributed by atoms with Crippen molar-refractivity contribution in [2.24, 2.45) is 0 Å². The summed E-state index contributed by atoms with van der Waals surface area (Å²) in [4.78, 5) is 12.3. The third-order valence-electron chi connectivity index (χ3n) is 3.60. The van der Waals surface area contributed by atoms with Crippen molar-refractivity contribution < 1.29 is 18.6 Å². The molecule has 2 aromatic heterocycles. The molecule has 0 N–H and O–H groups in total. The normalized spacial score (nSPS) is 11.0. The Morgan fingerprint density at radius 3 is 2.50 bits per heavy atom. The fraction of sp³-hybridized carbons (Fsp3) is 0. The first-order valence-corrected chi connectivity index (χ1v) is 6.07. The van der Waals surface area contributed by atoms with Crippen LogP contribution < -0.4 is 5.56 Å². The molecule has 2 heterocycles. The molecule has 93 valence electrons. The largest absolute Gasteiger partial charge is 2.00 e. The van der Waals surface area contributed by atoms with Crippen molar-refractivity contribution in [3.8, 4) is 0 Å². The Morgan fingerprint density at radius 1 is 1.00 bits per heavy atom. The average molecular weight is 294 g/mol. The topological polar surface area (TPSA) is 21.5 Å². The second-order valence-corrected chi connectivity index (χ2v) is 4.56. The molecule has 0 atom stereocenters. The van der Waals surface area contributed by atoms with E-state index in [0.29, 0.717) is 5.56 Å². The number of benzene rings is 2. The van der Waals surface area contributed by atoms with Crippen LogP contribution in [0.5, 0.6) is 0 Å². The second kappa shape index (κ2) is 4.51. The van der Waals surface area contributed by atoms with Gasteiger partial charge in [-0.25, -0.2) is 6.07 Å². The predicted octanol–water partition coefficient (Wildman–Crippen LogP) is 3.29. The van der Waals surface area contributed by atoms with E-state index in [9.17, 15) is 4.79 Å². The number of nitrogens with zero attached hydrogens (tertiary/aromatic N) is 1. The van der Waals surface area contributed by atoms with Gasteiger partial charge in [0.15, 0.2) is 5.56 Å². The van der Waals surface area contributed by atoms with Gasteiger partial charge >= 0.3 is 18.6 Å². The van der Waals surface area contributed by atoms with Gasteiger partial charge in [-0.15, -0.1) is 6.07 Å². The third kappa shape index (κ3) is 1.49. The summed E-state index contributed by atoms with van der Waals surface area (Å²) in [7, 11) is 0. The molecule has 0 fully saturated rings. The third-order valence-corrected chi connectivity index (χ3v) is 3.60. The van der Waals surface area contributed by atoms with Gasteiger partial charge in [0.05, 0.1) is 5.52 Å². The Labute approximate surface area is 127 Å². The van der Waals surface area contributed by atoms with E-state index in [2.05, 4.69) is 6.07 Å². The number of para-hydroxylation sites is 2. The Balaban J connectivity index is 0.00000121. The average Bonchev–Trinajstić information content (AvgIpc) is 2.79. The zero-order chi connectivity index (χ0) is 13.0. The molecule has 3 heteroatoms. The number of rotatable bonds is 1. The number of pyridine rings is 1. The zero-order valence-electron chi connectivity index (χ0n) is 10.5. The summed E-state index contributed by atoms with van der Waals surface area (Å²) in [5.74, 6) is 0. The van der Waals surface area contributed by atoms with Crippen molar-refractivity contribution in [2.75, 3.05) is 0 Å². The number of hydrogen-bond donors (Lipinski definition) is 0. The van der Waals surface area contributed by atoms with E-state index in [-0.39, 0.29) is 24.1 Å². The summed E-state index contributed by atoms with van der Waals surface area (Å²) in [5.41, 5.74) is 2.33. The fourth-order valence-electron chi connectivity index (χ4n) is 2.82. The summed E-state index contributed by atoms with van der Waals surface area (Å²) in [6.07, 6.45) is 1.44. The summed E-state index contributed by atoms with van der Waals surface area (Å²) < 4.78 is 1.72. The predicted molar refractivity (Wildman–Crippen MR) is 77.5 cm³/mol. The van der Waals surface area contributed by atoms with Crippen molar-refractivity contribution >= 4 is 33.3 Å². The molecule has 0 saturated heterocycles. The maximum Gasteiger partial charge on any atom is 2.00 e. The molecule has 0 bridgehead atoms. The van der Waals surface area contributed by atoms with E-state index in [1.165, 1.54) is 6.08 Å². The zero-order valence-corrected chi connectivity index (χ0v) is 11.9. The second-order valence-electron chi connectivity index (χ2n) is 4.56. The van der Waals surface area contributed by atoms with Crippen molar-refractivity contribution in [2.45, 2.75) is 0 Å². The minimum absolute atomic E-state index is 0. The molecule has 0 spiro atoms. The molecule has 0 aliphatic carbocycles. The molecule has 0 aliphatic heterocycles. The van der Waals surface area contributed by atoms with Crippen molar-refractivity contribution in [3.63, 3.8) is 0 Å². The van der Waals surface area contributed by atoms with E-state index in [1.807, 2.05) is 42.5 Å². The van der Waals surface area contributed by atoms with E-state index in [4.69, 9.17) is 6.58 Å². The van der Waals surface area contributed by atoms with Crippen LogP contribution in [-0.2, 0) is 18.6 Å². The van der Waals surface area contributed by atoms with E-state index in [0.717, 1.165) is 27.2 Å². The summed E-state index contributed by atoms with van der Waals surface area (Å²) in [6, 6.07) is 16.7. The fourth-order valence-corrected chi connectivity index (χ4v) is 2.82. The first kappa shape index (κ1) is 13.0. The van der Waals surface area contributed by atoms with Crippen LogP contribution in [0.3, 0.4) is 0 Å². The SMILES string of the molecule is [CH-]=Cc1[c-]c(=O)n2c3ccccc3c3cccc1c32.[V+2]. The van der Waals surface area contributed by atoms with Crippen LogP contribution in [0.25, 0.3) is 33.3 Å². The van der Waals surface area contributed by atoms with E-state index in [1.54, 1.807) is 4.40 Å². The monoisotopic (exact) mass is 294 g/mol. The molecular formula is C17H9NOV. The first-order chi connectivity index (χ1) is 9.31. The Morgan fingerprint density at radius 2 is 1.70 bits per heavy atom. The Hall–Kier alpha value is -2.03. The maximum absolute atomic E-state index is 12.3. The van der Waals surface area contributed by atoms with Gasteiger partial charge in [0.2, 0.25) is 0 Å². The quantitative estimate of drug-likeness (QED) is 0.494. The summed E-state index contributed by atoms with van der Waals surface area (Å²) in [5, 5.41) is 3.10. The number of aromatic nitrogens is 1. The van der Waals surface area contributed by atoms with Gasteiger partial charge in [0.25, 0.3) is 0 Å². The minimum Gasteiger partial charge on any atom is -0.361 e. The van der Waals surface area contributed by atoms with Gasteiger partial charge in [0, 0.05) is 5.39 Å². The molecule has 4 rings (SSSR count). The molecule has 2 aromatic carbocycles. The van der Waals surface area contributed by atoms with Crippen LogP contribution in [-0.4, -0.2) is 4.40 Å². The van der Waals surface area contributed by atoms with Crippen LogP contribution >= 0.6 is 0 Å². The molecular weight excluding hydrogens is 285 g/mol. The van der Waals surface area contributed by atoms with Crippen molar-refractivity contribution in [1.29, 1.82) is 0 Å². The van der Waals surface area contributed by atoms with Gasteiger partial charge < -0.3 is 22.6 Å². The maximum atomic E-state index is 12.3.